The van der Waals surface area contributed by atoms with Gasteiger partial charge in [0.05, 0.1) is 6.67 Å². The summed E-state index contributed by atoms with van der Waals surface area (Å²) in [6, 6.07) is 5.00. The number of halogens is 1. The predicted molar refractivity (Wildman–Crippen MR) is 122 cm³/mol. The van der Waals surface area contributed by atoms with Crippen LogP contribution < -0.4 is 15.4 Å². The molecule has 7 nitrogen and oxygen atoms in total. The molecule has 33 heavy (non-hydrogen) atoms. The Morgan fingerprint density at radius 2 is 2.00 bits per heavy atom. The smallest absolute Gasteiger partial charge is 0.255 e. The minimum atomic E-state index is -0.625. The minimum Gasteiger partial charge on any atom is -0.489 e. The Labute approximate surface area is 193 Å². The molecule has 0 bridgehead atoms. The minimum absolute atomic E-state index is 0.0212. The number of benzene rings is 1. The van der Waals surface area contributed by atoms with Gasteiger partial charge in [-0.25, -0.2) is 0 Å². The Hall–Kier alpha value is -2.74. The van der Waals surface area contributed by atoms with Crippen LogP contribution >= 0.6 is 0 Å². The number of fused-ring (bicyclic) bond motifs is 1. The van der Waals surface area contributed by atoms with Gasteiger partial charge in [0, 0.05) is 31.1 Å². The van der Waals surface area contributed by atoms with Crippen molar-refractivity contribution in [2.75, 3.05) is 13.2 Å². The third-order valence-corrected chi connectivity index (χ3v) is 6.80. The Bertz CT molecular complexity index is 934. The van der Waals surface area contributed by atoms with Crippen molar-refractivity contribution in [1.29, 1.82) is 0 Å². The third kappa shape index (κ3) is 5.43. The number of piperidine rings is 1. The van der Waals surface area contributed by atoms with Crippen LogP contribution in [0.4, 0.5) is 4.39 Å². The maximum absolute atomic E-state index is 12.9. The van der Waals surface area contributed by atoms with Crippen molar-refractivity contribution in [3.8, 4) is 5.75 Å². The second-order valence-corrected chi connectivity index (χ2v) is 9.19. The van der Waals surface area contributed by atoms with Gasteiger partial charge in [-0.1, -0.05) is 25.0 Å². The zero-order valence-corrected chi connectivity index (χ0v) is 18.9. The highest BCUT2D eigenvalue weighted by molar-refractivity contribution is 6.05. The molecule has 178 valence electrons. The normalized spacial score (nSPS) is 25.4. The van der Waals surface area contributed by atoms with Crippen molar-refractivity contribution in [1.82, 2.24) is 15.5 Å². The van der Waals surface area contributed by atoms with E-state index in [2.05, 4.69) is 17.2 Å². The maximum atomic E-state index is 12.9. The fourth-order valence-corrected chi connectivity index (χ4v) is 4.94. The Balaban J connectivity index is 1.43. The molecule has 3 amide bonds. The number of nitrogens with zero attached hydrogens (tertiary/aromatic N) is 1. The highest BCUT2D eigenvalue weighted by atomic mass is 19.1. The van der Waals surface area contributed by atoms with Crippen molar-refractivity contribution >= 4 is 17.7 Å². The molecular weight excluding hydrogens is 425 g/mol. The zero-order chi connectivity index (χ0) is 23.4. The van der Waals surface area contributed by atoms with Gasteiger partial charge >= 0.3 is 0 Å². The van der Waals surface area contributed by atoms with Crippen LogP contribution in [0, 0.1) is 0 Å². The van der Waals surface area contributed by atoms with Gasteiger partial charge in [-0.2, -0.15) is 0 Å². The van der Waals surface area contributed by atoms with Gasteiger partial charge in [0.2, 0.25) is 11.8 Å². The molecule has 2 heterocycles. The number of rotatable bonds is 8. The average Bonchev–Trinajstić information content (AvgIpc) is 2.95. The van der Waals surface area contributed by atoms with E-state index < -0.39 is 18.6 Å². The standard InChI is InChI=1S/C25H32FN3O4/c1-16(11-12-26)14-27-20-5-3-2-4-6-22(20)33-18-7-8-19-17(13-18)15-29(25(19)32)21-9-10-23(30)28-24(21)31/h7-8,13,20-22,27H,1-6,9-12,14-15H2,(H,28,30,31). The average molecular weight is 458 g/mol. The van der Waals surface area contributed by atoms with Gasteiger partial charge in [0.15, 0.2) is 0 Å². The lowest BCUT2D eigenvalue weighted by Crippen LogP contribution is -2.52. The first kappa shape index (κ1) is 23.4. The van der Waals surface area contributed by atoms with Crippen LogP contribution in [-0.2, 0) is 16.1 Å². The Morgan fingerprint density at radius 3 is 2.79 bits per heavy atom. The van der Waals surface area contributed by atoms with Crippen molar-refractivity contribution in [3.63, 3.8) is 0 Å². The number of amides is 3. The summed E-state index contributed by atoms with van der Waals surface area (Å²) in [5.74, 6) is -0.194. The number of ether oxygens (including phenoxy) is 1. The number of carbonyl (C=O) groups is 3. The summed E-state index contributed by atoms with van der Waals surface area (Å²) in [6.07, 6.45) is 6.19. The van der Waals surface area contributed by atoms with E-state index in [0.29, 0.717) is 37.2 Å². The van der Waals surface area contributed by atoms with Gasteiger partial charge < -0.3 is 15.0 Å². The second-order valence-electron chi connectivity index (χ2n) is 9.19. The van der Waals surface area contributed by atoms with Crippen LogP contribution in [0.2, 0.25) is 0 Å². The first-order chi connectivity index (χ1) is 16.0. The second kappa shape index (κ2) is 10.5. The monoisotopic (exact) mass is 457 g/mol. The van der Waals surface area contributed by atoms with Crippen LogP contribution in [0.1, 0.15) is 67.3 Å². The molecule has 3 aliphatic rings. The van der Waals surface area contributed by atoms with E-state index in [4.69, 9.17) is 4.74 Å². The molecule has 1 aromatic rings. The van der Waals surface area contributed by atoms with E-state index in [0.717, 1.165) is 43.2 Å². The first-order valence-corrected chi connectivity index (χ1v) is 11.9. The molecule has 1 aromatic carbocycles. The molecule has 2 N–H and O–H groups in total. The molecule has 1 aliphatic carbocycles. The van der Waals surface area contributed by atoms with Crippen molar-refractivity contribution in [2.45, 2.75) is 76.1 Å². The lowest BCUT2D eigenvalue weighted by molar-refractivity contribution is -0.136. The molecule has 8 heteroatoms. The molecule has 2 aliphatic heterocycles. The lowest BCUT2D eigenvalue weighted by Gasteiger charge is -2.29. The summed E-state index contributed by atoms with van der Waals surface area (Å²) in [4.78, 5) is 38.2. The summed E-state index contributed by atoms with van der Waals surface area (Å²) < 4.78 is 19.0. The van der Waals surface area contributed by atoms with Crippen LogP contribution in [-0.4, -0.2) is 54.0 Å². The molecule has 4 rings (SSSR count). The van der Waals surface area contributed by atoms with E-state index in [1.165, 1.54) is 0 Å². The number of nitrogens with one attached hydrogen (secondary N) is 2. The third-order valence-electron chi connectivity index (χ3n) is 6.80. The molecule has 1 saturated carbocycles. The van der Waals surface area contributed by atoms with E-state index >= 15 is 0 Å². The molecule has 3 unspecified atom stereocenters. The summed E-state index contributed by atoms with van der Waals surface area (Å²) >= 11 is 0. The molecule has 0 spiro atoms. The zero-order valence-electron chi connectivity index (χ0n) is 18.9. The van der Waals surface area contributed by atoms with Gasteiger partial charge in [-0.15, -0.1) is 0 Å². The molecule has 1 saturated heterocycles. The number of hydrogen-bond acceptors (Lipinski definition) is 5. The molecule has 2 fully saturated rings. The van der Waals surface area contributed by atoms with Crippen molar-refractivity contribution in [3.05, 3.63) is 41.5 Å². The van der Waals surface area contributed by atoms with Crippen molar-refractivity contribution < 1.29 is 23.5 Å². The molecule has 0 radical (unpaired) electrons. The number of carbonyl (C=O) groups excluding carboxylic acids is 3. The molecule has 3 atom stereocenters. The van der Waals surface area contributed by atoms with Gasteiger partial charge in [0.1, 0.15) is 17.9 Å². The van der Waals surface area contributed by atoms with Gasteiger partial charge in [-0.3, -0.25) is 24.1 Å². The summed E-state index contributed by atoms with van der Waals surface area (Å²) in [7, 11) is 0. The summed E-state index contributed by atoms with van der Waals surface area (Å²) in [5, 5.41) is 5.84. The topological polar surface area (TPSA) is 87.7 Å². The maximum Gasteiger partial charge on any atom is 0.255 e. The fraction of sp³-hybridized carbons (Fsp3) is 0.560. The van der Waals surface area contributed by atoms with E-state index in [1.54, 1.807) is 11.0 Å². The summed E-state index contributed by atoms with van der Waals surface area (Å²) in [5.41, 5.74) is 2.26. The van der Waals surface area contributed by atoms with Crippen LogP contribution in [0.15, 0.2) is 30.4 Å². The highest BCUT2D eigenvalue weighted by Gasteiger charge is 2.39. The van der Waals surface area contributed by atoms with Crippen LogP contribution in [0.5, 0.6) is 5.75 Å². The predicted octanol–water partition coefficient (Wildman–Crippen LogP) is 3.03. The highest BCUT2D eigenvalue weighted by Crippen LogP contribution is 2.31. The quantitative estimate of drug-likeness (QED) is 0.356. The Morgan fingerprint density at radius 1 is 1.18 bits per heavy atom. The Kier molecular flexibility index (Phi) is 7.42. The SMILES string of the molecule is C=C(CCF)CNC1CCCCCC1Oc1ccc2c(c1)CN(C1CCC(=O)NC1=O)C2=O. The van der Waals surface area contributed by atoms with Gasteiger partial charge in [-0.05, 0) is 55.9 Å². The summed E-state index contributed by atoms with van der Waals surface area (Å²) in [6.45, 7) is 4.45. The van der Waals surface area contributed by atoms with Crippen LogP contribution in [0.3, 0.4) is 0 Å². The molecular formula is C25H32FN3O4. The van der Waals surface area contributed by atoms with E-state index in [-0.39, 0.29) is 30.4 Å². The number of hydrogen-bond donors (Lipinski definition) is 2. The fourth-order valence-electron chi connectivity index (χ4n) is 4.94. The van der Waals surface area contributed by atoms with Crippen molar-refractivity contribution in [2.24, 2.45) is 0 Å². The lowest BCUT2D eigenvalue weighted by atomic mass is 10.0. The molecule has 0 aromatic heterocycles. The largest absolute Gasteiger partial charge is 0.489 e. The first-order valence-electron chi connectivity index (χ1n) is 11.9. The van der Waals surface area contributed by atoms with Gasteiger partial charge in [0.25, 0.3) is 5.91 Å². The number of alkyl halides is 1. The van der Waals surface area contributed by atoms with Crippen LogP contribution in [0.25, 0.3) is 0 Å². The van der Waals surface area contributed by atoms with E-state index in [1.807, 2.05) is 12.1 Å². The van der Waals surface area contributed by atoms with E-state index in [9.17, 15) is 18.8 Å². The number of imide groups is 1.